The Morgan fingerprint density at radius 2 is 1.82 bits per heavy atom. The van der Waals surface area contributed by atoms with Crippen molar-refractivity contribution in [1.29, 1.82) is 5.26 Å². The van der Waals surface area contributed by atoms with E-state index in [1.165, 1.54) is 36.0 Å². The first-order valence-electron chi connectivity index (χ1n) is 8.29. The van der Waals surface area contributed by atoms with E-state index in [0.29, 0.717) is 5.56 Å². The number of benzene rings is 1. The summed E-state index contributed by atoms with van der Waals surface area (Å²) in [6, 6.07) is 10.1. The number of hydrogen-bond acceptors (Lipinski definition) is 1. The van der Waals surface area contributed by atoms with E-state index in [2.05, 4.69) is 51.1 Å². The lowest BCUT2D eigenvalue weighted by Crippen LogP contribution is -1.90. The van der Waals surface area contributed by atoms with E-state index >= 15 is 0 Å². The average molecular weight is 293 g/mol. The first-order chi connectivity index (χ1) is 10.8. The lowest BCUT2D eigenvalue weighted by atomic mass is 9.94. The van der Waals surface area contributed by atoms with Gasteiger partial charge in [0.05, 0.1) is 11.6 Å². The van der Waals surface area contributed by atoms with Crippen molar-refractivity contribution in [2.75, 3.05) is 0 Å². The maximum Gasteiger partial charge on any atom is 0.0991 e. The minimum absolute atomic E-state index is 0.709. The molecule has 0 aromatic heterocycles. The Kier molecular flexibility index (Phi) is 8.69. The fourth-order valence-electron chi connectivity index (χ4n) is 2.35. The van der Waals surface area contributed by atoms with Crippen molar-refractivity contribution in [2.45, 2.75) is 52.9 Å². The average Bonchev–Trinajstić information content (AvgIpc) is 2.56. The van der Waals surface area contributed by atoms with Crippen molar-refractivity contribution in [1.82, 2.24) is 0 Å². The minimum atomic E-state index is 0.709. The van der Waals surface area contributed by atoms with E-state index in [-0.39, 0.29) is 0 Å². The number of allylic oxidation sites excluding steroid dienone is 6. The van der Waals surface area contributed by atoms with Gasteiger partial charge in [0.1, 0.15) is 0 Å². The van der Waals surface area contributed by atoms with Crippen molar-refractivity contribution in [3.05, 3.63) is 65.3 Å². The fourth-order valence-corrected chi connectivity index (χ4v) is 2.35. The predicted molar refractivity (Wildman–Crippen MR) is 96.5 cm³/mol. The van der Waals surface area contributed by atoms with E-state index in [9.17, 15) is 0 Å². The van der Waals surface area contributed by atoms with Crippen LogP contribution >= 0.6 is 0 Å². The largest absolute Gasteiger partial charge is 0.192 e. The first kappa shape index (κ1) is 18.0. The molecule has 1 aromatic carbocycles. The molecule has 0 spiro atoms. The Bertz CT molecular complexity index is 565. The van der Waals surface area contributed by atoms with Crippen LogP contribution in [-0.2, 0) is 0 Å². The molecule has 0 saturated carbocycles. The second-order valence-corrected chi connectivity index (χ2v) is 5.42. The molecule has 1 heteroatoms. The predicted octanol–water partition coefficient (Wildman–Crippen LogP) is 6.43. The van der Waals surface area contributed by atoms with Crippen LogP contribution in [0.25, 0.3) is 5.57 Å². The van der Waals surface area contributed by atoms with Gasteiger partial charge in [0.25, 0.3) is 0 Å². The second-order valence-electron chi connectivity index (χ2n) is 5.42. The van der Waals surface area contributed by atoms with Crippen LogP contribution in [0.4, 0.5) is 0 Å². The zero-order chi connectivity index (χ0) is 16.2. The van der Waals surface area contributed by atoms with Crippen LogP contribution in [0.5, 0.6) is 0 Å². The number of nitriles is 1. The van der Waals surface area contributed by atoms with Gasteiger partial charge < -0.3 is 0 Å². The van der Waals surface area contributed by atoms with Crippen LogP contribution in [0, 0.1) is 11.3 Å². The van der Waals surface area contributed by atoms with Crippen molar-refractivity contribution in [3.63, 3.8) is 0 Å². The van der Waals surface area contributed by atoms with Crippen LogP contribution in [-0.4, -0.2) is 0 Å². The van der Waals surface area contributed by atoms with E-state index in [1.807, 2.05) is 24.3 Å². The Balaban J connectivity index is 3.24. The summed E-state index contributed by atoms with van der Waals surface area (Å²) < 4.78 is 0. The van der Waals surface area contributed by atoms with Gasteiger partial charge in [-0.05, 0) is 55.0 Å². The van der Waals surface area contributed by atoms with Gasteiger partial charge in [0.2, 0.25) is 0 Å². The van der Waals surface area contributed by atoms with Gasteiger partial charge in [0, 0.05) is 0 Å². The summed E-state index contributed by atoms with van der Waals surface area (Å²) >= 11 is 0. The van der Waals surface area contributed by atoms with Gasteiger partial charge in [0.15, 0.2) is 0 Å². The third-order valence-electron chi connectivity index (χ3n) is 3.58. The zero-order valence-electron chi connectivity index (χ0n) is 14.1. The molecule has 1 rings (SSSR count). The SMILES string of the molecule is C\C=C/C(=C(/C=C/CCC)CCCC)c1ccc(C#N)cc1. The fraction of sp³-hybridized carbons (Fsp3) is 0.381. The van der Waals surface area contributed by atoms with Gasteiger partial charge in [-0.25, -0.2) is 0 Å². The molecule has 1 aromatic rings. The van der Waals surface area contributed by atoms with Crippen LogP contribution < -0.4 is 0 Å². The molecule has 0 unspecified atom stereocenters. The number of nitrogens with zero attached hydrogens (tertiary/aromatic N) is 1. The Hall–Kier alpha value is -2.07. The second kappa shape index (κ2) is 10.6. The summed E-state index contributed by atoms with van der Waals surface area (Å²) in [5.41, 5.74) is 4.55. The highest BCUT2D eigenvalue weighted by Crippen LogP contribution is 2.25. The van der Waals surface area contributed by atoms with Crippen LogP contribution in [0.15, 0.2) is 54.1 Å². The highest BCUT2D eigenvalue weighted by atomic mass is 14.2. The Morgan fingerprint density at radius 1 is 1.09 bits per heavy atom. The molecule has 0 fully saturated rings. The molecule has 0 amide bonds. The van der Waals surface area contributed by atoms with E-state index < -0.39 is 0 Å². The topological polar surface area (TPSA) is 23.8 Å². The molecule has 0 bridgehead atoms. The molecule has 0 atom stereocenters. The molecule has 0 saturated heterocycles. The van der Waals surface area contributed by atoms with Crippen LogP contribution in [0.3, 0.4) is 0 Å². The van der Waals surface area contributed by atoms with E-state index in [1.54, 1.807) is 0 Å². The molecule has 0 aliphatic carbocycles. The number of rotatable bonds is 8. The lowest BCUT2D eigenvalue weighted by Gasteiger charge is -2.10. The van der Waals surface area contributed by atoms with Crippen molar-refractivity contribution >= 4 is 5.57 Å². The van der Waals surface area contributed by atoms with Gasteiger partial charge in [-0.3, -0.25) is 0 Å². The molecule has 22 heavy (non-hydrogen) atoms. The first-order valence-corrected chi connectivity index (χ1v) is 8.29. The van der Waals surface area contributed by atoms with Gasteiger partial charge in [-0.2, -0.15) is 5.26 Å². The maximum absolute atomic E-state index is 8.95. The van der Waals surface area contributed by atoms with Crippen molar-refractivity contribution in [3.8, 4) is 6.07 Å². The lowest BCUT2D eigenvalue weighted by molar-refractivity contribution is 0.798. The summed E-state index contributed by atoms with van der Waals surface area (Å²) in [6.45, 7) is 6.48. The van der Waals surface area contributed by atoms with Gasteiger partial charge in [-0.15, -0.1) is 0 Å². The highest BCUT2D eigenvalue weighted by Gasteiger charge is 2.05. The Labute approximate surface area is 135 Å². The van der Waals surface area contributed by atoms with E-state index in [4.69, 9.17) is 5.26 Å². The highest BCUT2D eigenvalue weighted by molar-refractivity contribution is 5.78. The maximum atomic E-state index is 8.95. The van der Waals surface area contributed by atoms with Crippen molar-refractivity contribution in [2.24, 2.45) is 0 Å². The van der Waals surface area contributed by atoms with Crippen LogP contribution in [0.1, 0.15) is 64.0 Å². The molecular formula is C21H27N. The summed E-state index contributed by atoms with van der Waals surface area (Å²) in [7, 11) is 0. The zero-order valence-corrected chi connectivity index (χ0v) is 14.1. The molecule has 0 N–H and O–H groups in total. The molecule has 116 valence electrons. The third kappa shape index (κ3) is 5.74. The monoisotopic (exact) mass is 293 g/mol. The van der Waals surface area contributed by atoms with E-state index in [0.717, 1.165) is 12.8 Å². The normalized spacial score (nSPS) is 12.6. The molecule has 0 heterocycles. The third-order valence-corrected chi connectivity index (χ3v) is 3.58. The summed E-state index contributed by atoms with van der Waals surface area (Å²) in [5, 5.41) is 8.95. The number of hydrogen-bond donors (Lipinski definition) is 0. The molecule has 0 aliphatic rings. The Morgan fingerprint density at radius 3 is 2.36 bits per heavy atom. The quantitative estimate of drug-likeness (QED) is 0.506. The number of unbranched alkanes of at least 4 members (excludes halogenated alkanes) is 2. The smallest absolute Gasteiger partial charge is 0.0991 e. The van der Waals surface area contributed by atoms with Crippen molar-refractivity contribution < 1.29 is 0 Å². The summed E-state index contributed by atoms with van der Waals surface area (Å²) in [5.74, 6) is 0. The molecular weight excluding hydrogens is 266 g/mol. The summed E-state index contributed by atoms with van der Waals surface area (Å²) in [4.78, 5) is 0. The minimum Gasteiger partial charge on any atom is -0.192 e. The van der Waals surface area contributed by atoms with Gasteiger partial charge >= 0.3 is 0 Å². The standard InChI is InChI=1S/C21H27N/c1-4-7-9-12-19(11-8-5-2)21(10-6-3)20-15-13-18(17-22)14-16-20/h6,9-10,12-16H,4-5,7-8,11H2,1-3H3/b10-6-,12-9+,21-19-. The van der Waals surface area contributed by atoms with Crippen LogP contribution in [0.2, 0.25) is 0 Å². The molecule has 0 radical (unpaired) electrons. The van der Waals surface area contributed by atoms with Gasteiger partial charge in [-0.1, -0.05) is 63.1 Å². The molecule has 1 nitrogen and oxygen atoms in total. The molecule has 0 aliphatic heterocycles. The summed E-state index contributed by atoms with van der Waals surface area (Å²) in [6.07, 6.45) is 14.6.